The highest BCUT2D eigenvalue weighted by molar-refractivity contribution is 5.96. The summed E-state index contributed by atoms with van der Waals surface area (Å²) < 4.78 is 53.3. The van der Waals surface area contributed by atoms with Crippen molar-refractivity contribution in [2.24, 2.45) is 0 Å². The number of benzene rings is 1. The van der Waals surface area contributed by atoms with Crippen molar-refractivity contribution in [1.29, 1.82) is 0 Å². The van der Waals surface area contributed by atoms with Crippen molar-refractivity contribution in [2.45, 2.75) is 19.6 Å². The van der Waals surface area contributed by atoms with Crippen LogP contribution in [0, 0.1) is 12.9 Å². The van der Waals surface area contributed by atoms with Crippen LogP contribution in [-0.4, -0.2) is 25.3 Å². The molecule has 0 unspecified atom stereocenters. The Labute approximate surface area is 173 Å². The van der Waals surface area contributed by atoms with Crippen LogP contribution < -0.4 is 5.32 Å². The van der Waals surface area contributed by atoms with Crippen LogP contribution in [0.25, 0.3) is 16.9 Å². The first-order chi connectivity index (χ1) is 14.7. The normalized spacial score (nSPS) is 11.6. The van der Waals surface area contributed by atoms with E-state index < -0.39 is 23.9 Å². The average molecular weight is 429 g/mol. The fourth-order valence-corrected chi connectivity index (χ4v) is 3.02. The number of aromatic nitrogens is 4. The van der Waals surface area contributed by atoms with Gasteiger partial charge in [0, 0.05) is 30.1 Å². The predicted molar refractivity (Wildman–Crippen MR) is 104 cm³/mol. The lowest BCUT2D eigenvalue weighted by atomic mass is 10.1. The fraction of sp³-hybridized carbons (Fsp3) is 0.143. The molecular formula is C21H15F4N5O. The Hall–Kier alpha value is -3.82. The SMILES string of the molecule is Cc1ccc(-c2cc(C(=O)NCc3cnc(C(F)(F)F)nc3)cc3ncc(F)n23)cc1. The van der Waals surface area contributed by atoms with Crippen LogP contribution in [0.3, 0.4) is 0 Å². The van der Waals surface area contributed by atoms with Gasteiger partial charge < -0.3 is 5.32 Å². The van der Waals surface area contributed by atoms with E-state index in [4.69, 9.17) is 0 Å². The van der Waals surface area contributed by atoms with Gasteiger partial charge in [-0.1, -0.05) is 29.8 Å². The number of imidazole rings is 1. The molecule has 0 atom stereocenters. The first-order valence-electron chi connectivity index (χ1n) is 9.13. The molecule has 6 nitrogen and oxygen atoms in total. The molecule has 0 saturated carbocycles. The minimum absolute atomic E-state index is 0.0786. The van der Waals surface area contributed by atoms with Gasteiger partial charge in [0.1, 0.15) is 5.65 Å². The van der Waals surface area contributed by atoms with Gasteiger partial charge in [0.2, 0.25) is 11.8 Å². The summed E-state index contributed by atoms with van der Waals surface area (Å²) in [4.78, 5) is 23.2. The van der Waals surface area contributed by atoms with E-state index in [-0.39, 0.29) is 17.8 Å². The lowest BCUT2D eigenvalue weighted by Crippen LogP contribution is -2.23. The molecule has 0 aliphatic rings. The van der Waals surface area contributed by atoms with E-state index in [2.05, 4.69) is 20.3 Å². The van der Waals surface area contributed by atoms with E-state index in [9.17, 15) is 22.4 Å². The van der Waals surface area contributed by atoms with Gasteiger partial charge in [-0.25, -0.2) is 15.0 Å². The zero-order valence-electron chi connectivity index (χ0n) is 16.1. The summed E-state index contributed by atoms with van der Waals surface area (Å²) in [6.07, 6.45) is -1.57. The van der Waals surface area contributed by atoms with Gasteiger partial charge in [-0.2, -0.15) is 17.6 Å². The third-order valence-electron chi connectivity index (χ3n) is 4.59. The predicted octanol–water partition coefficient (Wildman–Crippen LogP) is 4.19. The molecule has 158 valence electrons. The molecule has 1 N–H and O–H groups in total. The van der Waals surface area contributed by atoms with Crippen LogP contribution in [0.2, 0.25) is 0 Å². The summed E-state index contributed by atoms with van der Waals surface area (Å²) in [5, 5.41) is 2.60. The van der Waals surface area contributed by atoms with Crippen molar-refractivity contribution in [1.82, 2.24) is 24.7 Å². The van der Waals surface area contributed by atoms with Gasteiger partial charge in [0.05, 0.1) is 11.9 Å². The first-order valence-corrected chi connectivity index (χ1v) is 9.13. The molecular weight excluding hydrogens is 414 g/mol. The lowest BCUT2D eigenvalue weighted by molar-refractivity contribution is -0.145. The molecule has 31 heavy (non-hydrogen) atoms. The van der Waals surface area contributed by atoms with Crippen molar-refractivity contribution in [3.8, 4) is 11.3 Å². The number of pyridine rings is 1. The second-order valence-corrected chi connectivity index (χ2v) is 6.87. The summed E-state index contributed by atoms with van der Waals surface area (Å²) in [6.45, 7) is 1.84. The maximum absolute atomic E-state index is 14.3. The molecule has 0 saturated heterocycles. The van der Waals surface area contributed by atoms with Crippen molar-refractivity contribution in [3.05, 3.63) is 83.5 Å². The largest absolute Gasteiger partial charge is 0.451 e. The molecule has 0 aliphatic carbocycles. The van der Waals surface area contributed by atoms with Crippen molar-refractivity contribution < 1.29 is 22.4 Å². The number of hydrogen-bond acceptors (Lipinski definition) is 4. The number of carbonyl (C=O) groups excluding carboxylic acids is 1. The molecule has 0 spiro atoms. The second-order valence-electron chi connectivity index (χ2n) is 6.87. The van der Waals surface area contributed by atoms with Crippen molar-refractivity contribution in [3.63, 3.8) is 0 Å². The second kappa shape index (κ2) is 7.78. The maximum atomic E-state index is 14.3. The zero-order chi connectivity index (χ0) is 22.2. The van der Waals surface area contributed by atoms with Gasteiger partial charge in [-0.05, 0) is 24.6 Å². The summed E-state index contributed by atoms with van der Waals surface area (Å²) in [5.74, 6) is -2.32. The number of carbonyl (C=O) groups is 1. The van der Waals surface area contributed by atoms with Crippen LogP contribution in [0.4, 0.5) is 17.6 Å². The maximum Gasteiger partial charge on any atom is 0.451 e. The monoisotopic (exact) mass is 429 g/mol. The number of fused-ring (bicyclic) bond motifs is 1. The minimum atomic E-state index is -4.64. The molecule has 3 heterocycles. The molecule has 4 rings (SSSR count). The van der Waals surface area contributed by atoms with Crippen LogP contribution in [0.5, 0.6) is 0 Å². The summed E-state index contributed by atoms with van der Waals surface area (Å²) in [6, 6.07) is 10.3. The average Bonchev–Trinajstić information content (AvgIpc) is 3.12. The van der Waals surface area contributed by atoms with E-state index in [1.165, 1.54) is 16.5 Å². The Bertz CT molecular complexity index is 1250. The Balaban J connectivity index is 1.60. The number of aryl methyl sites for hydroxylation is 1. The van der Waals surface area contributed by atoms with Crippen LogP contribution in [0.1, 0.15) is 27.3 Å². The summed E-state index contributed by atoms with van der Waals surface area (Å²) >= 11 is 0. The highest BCUT2D eigenvalue weighted by Gasteiger charge is 2.34. The van der Waals surface area contributed by atoms with Crippen molar-refractivity contribution >= 4 is 11.6 Å². The highest BCUT2D eigenvalue weighted by Crippen LogP contribution is 2.26. The highest BCUT2D eigenvalue weighted by atomic mass is 19.4. The molecule has 4 aromatic rings. The molecule has 0 aliphatic heterocycles. The minimum Gasteiger partial charge on any atom is -0.348 e. The molecule has 1 amide bonds. The number of halogens is 4. The Morgan fingerprint density at radius 2 is 1.71 bits per heavy atom. The van der Waals surface area contributed by atoms with Crippen LogP contribution >= 0.6 is 0 Å². The van der Waals surface area contributed by atoms with E-state index in [0.29, 0.717) is 16.8 Å². The topological polar surface area (TPSA) is 72.2 Å². The van der Waals surface area contributed by atoms with E-state index >= 15 is 0 Å². The van der Waals surface area contributed by atoms with Crippen LogP contribution in [0.15, 0.2) is 55.0 Å². The molecule has 10 heteroatoms. The third kappa shape index (κ3) is 4.23. The fourth-order valence-electron chi connectivity index (χ4n) is 3.02. The van der Waals surface area contributed by atoms with E-state index in [1.807, 2.05) is 31.2 Å². The number of hydrogen-bond donors (Lipinski definition) is 1. The molecule has 0 bridgehead atoms. The molecule has 1 aromatic carbocycles. The number of alkyl halides is 3. The van der Waals surface area contributed by atoms with Crippen LogP contribution in [-0.2, 0) is 12.7 Å². The Kier molecular flexibility index (Phi) is 5.14. The molecule has 0 fully saturated rings. The van der Waals surface area contributed by atoms with Gasteiger partial charge >= 0.3 is 6.18 Å². The number of nitrogens with one attached hydrogen (secondary N) is 1. The van der Waals surface area contributed by atoms with Gasteiger partial charge in [0.25, 0.3) is 5.91 Å². The number of nitrogens with zero attached hydrogens (tertiary/aromatic N) is 4. The number of amides is 1. The molecule has 0 radical (unpaired) electrons. The van der Waals surface area contributed by atoms with E-state index in [1.54, 1.807) is 0 Å². The summed E-state index contributed by atoms with van der Waals surface area (Å²) in [7, 11) is 0. The van der Waals surface area contributed by atoms with Gasteiger partial charge in [-0.15, -0.1) is 0 Å². The number of rotatable bonds is 4. The summed E-state index contributed by atoms with van der Waals surface area (Å²) in [5.41, 5.74) is 2.93. The quantitative estimate of drug-likeness (QED) is 0.494. The van der Waals surface area contributed by atoms with E-state index in [0.717, 1.165) is 24.2 Å². The lowest BCUT2D eigenvalue weighted by Gasteiger charge is -2.11. The zero-order valence-corrected chi connectivity index (χ0v) is 16.1. The smallest absolute Gasteiger partial charge is 0.348 e. The standard InChI is InChI=1S/C21H15F4N5O/c1-12-2-4-14(5-3-12)16-6-15(7-18-26-11-17(22)30(16)18)19(31)27-8-13-9-28-20(29-10-13)21(23,24)25/h2-7,9-11H,8H2,1H3,(H,27,31). The van der Waals surface area contributed by atoms with Gasteiger partial charge in [0.15, 0.2) is 0 Å². The molecule has 3 aromatic heterocycles. The van der Waals surface area contributed by atoms with Gasteiger partial charge in [-0.3, -0.25) is 9.20 Å². The van der Waals surface area contributed by atoms with Crippen molar-refractivity contribution in [2.75, 3.05) is 0 Å². The Morgan fingerprint density at radius 3 is 2.35 bits per heavy atom. The Morgan fingerprint density at radius 1 is 1.03 bits per heavy atom. The third-order valence-corrected chi connectivity index (χ3v) is 4.59. The first kappa shape index (κ1) is 20.5.